The summed E-state index contributed by atoms with van der Waals surface area (Å²) in [5.41, 5.74) is 3.27. The van der Waals surface area contributed by atoms with Crippen LogP contribution in [0.4, 0.5) is 0 Å². The number of thioether (sulfide) groups is 1. The molecule has 2 rings (SSSR count). The standard InChI is InChI=1S/C11H15NOS/c13-12-7-9-3-5-11(6-4-9)14-8-10-1-2-10/h3-6,10,12-13H,1-2,7-8H2. The van der Waals surface area contributed by atoms with Gasteiger partial charge in [0.2, 0.25) is 0 Å². The molecule has 0 unspecified atom stereocenters. The van der Waals surface area contributed by atoms with Crippen LogP contribution in [0.25, 0.3) is 0 Å². The summed E-state index contributed by atoms with van der Waals surface area (Å²) in [7, 11) is 0. The number of hydrogen-bond acceptors (Lipinski definition) is 3. The third kappa shape index (κ3) is 3.01. The van der Waals surface area contributed by atoms with E-state index >= 15 is 0 Å². The average molecular weight is 209 g/mol. The van der Waals surface area contributed by atoms with Gasteiger partial charge in [-0.2, -0.15) is 0 Å². The Bertz CT molecular complexity index is 282. The number of hydrogen-bond donors (Lipinski definition) is 2. The van der Waals surface area contributed by atoms with Gasteiger partial charge >= 0.3 is 0 Å². The van der Waals surface area contributed by atoms with Crippen molar-refractivity contribution in [1.29, 1.82) is 0 Å². The largest absolute Gasteiger partial charge is 0.316 e. The fraction of sp³-hybridized carbons (Fsp3) is 0.455. The zero-order chi connectivity index (χ0) is 9.80. The highest BCUT2D eigenvalue weighted by Gasteiger charge is 2.20. The molecule has 0 heterocycles. The molecule has 0 aromatic heterocycles. The third-order valence-electron chi connectivity index (χ3n) is 2.39. The summed E-state index contributed by atoms with van der Waals surface area (Å²) in [4.78, 5) is 1.33. The minimum absolute atomic E-state index is 0.521. The van der Waals surface area contributed by atoms with Gasteiger partial charge in [-0.15, -0.1) is 11.8 Å². The van der Waals surface area contributed by atoms with Gasteiger partial charge < -0.3 is 5.21 Å². The van der Waals surface area contributed by atoms with E-state index in [2.05, 4.69) is 29.7 Å². The number of rotatable bonds is 5. The van der Waals surface area contributed by atoms with Crippen LogP contribution in [0.1, 0.15) is 18.4 Å². The predicted octanol–water partition coefficient (Wildman–Crippen LogP) is 2.67. The molecular formula is C11H15NOS. The molecule has 14 heavy (non-hydrogen) atoms. The van der Waals surface area contributed by atoms with Crippen LogP contribution in [0, 0.1) is 5.92 Å². The Balaban J connectivity index is 1.84. The molecule has 1 aliphatic rings. The van der Waals surface area contributed by atoms with Crippen molar-refractivity contribution in [1.82, 2.24) is 5.48 Å². The van der Waals surface area contributed by atoms with E-state index in [1.54, 1.807) is 0 Å². The van der Waals surface area contributed by atoms with Crippen LogP contribution in [0.15, 0.2) is 29.2 Å². The van der Waals surface area contributed by atoms with Crippen LogP contribution in [-0.2, 0) is 6.54 Å². The lowest BCUT2D eigenvalue weighted by Gasteiger charge is -2.02. The molecule has 0 bridgehead atoms. The van der Waals surface area contributed by atoms with Crippen LogP contribution in [-0.4, -0.2) is 11.0 Å². The van der Waals surface area contributed by atoms with Gasteiger partial charge in [0.25, 0.3) is 0 Å². The normalized spacial score (nSPS) is 15.8. The minimum atomic E-state index is 0.521. The molecular weight excluding hydrogens is 194 g/mol. The van der Waals surface area contributed by atoms with Gasteiger partial charge in [-0.3, -0.25) is 0 Å². The molecule has 0 aliphatic heterocycles. The van der Waals surface area contributed by atoms with E-state index < -0.39 is 0 Å². The monoisotopic (exact) mass is 209 g/mol. The molecule has 0 atom stereocenters. The molecule has 1 saturated carbocycles. The second-order valence-corrected chi connectivity index (χ2v) is 4.83. The molecule has 3 heteroatoms. The lowest BCUT2D eigenvalue weighted by atomic mass is 10.2. The Morgan fingerprint density at radius 1 is 1.29 bits per heavy atom. The van der Waals surface area contributed by atoms with Gasteiger partial charge in [-0.25, -0.2) is 5.48 Å². The molecule has 1 aromatic rings. The maximum Gasteiger partial charge on any atom is 0.0458 e. The summed E-state index contributed by atoms with van der Waals surface area (Å²) in [6.07, 6.45) is 2.83. The summed E-state index contributed by atoms with van der Waals surface area (Å²) in [5, 5.41) is 8.52. The number of nitrogens with one attached hydrogen (secondary N) is 1. The van der Waals surface area contributed by atoms with Crippen molar-refractivity contribution >= 4 is 11.8 Å². The first kappa shape index (κ1) is 10.0. The first-order valence-corrected chi connectivity index (χ1v) is 5.96. The third-order valence-corrected chi connectivity index (χ3v) is 3.63. The fourth-order valence-electron chi connectivity index (χ4n) is 1.29. The Labute approximate surface area is 88.7 Å². The molecule has 1 aromatic carbocycles. The van der Waals surface area contributed by atoms with Crippen molar-refractivity contribution in [3.8, 4) is 0 Å². The molecule has 1 fully saturated rings. The van der Waals surface area contributed by atoms with Gasteiger partial charge in [0.05, 0.1) is 0 Å². The number of hydroxylamine groups is 1. The van der Waals surface area contributed by atoms with E-state index in [1.807, 2.05) is 11.8 Å². The Morgan fingerprint density at radius 2 is 2.00 bits per heavy atom. The van der Waals surface area contributed by atoms with E-state index in [-0.39, 0.29) is 0 Å². The smallest absolute Gasteiger partial charge is 0.0458 e. The lowest BCUT2D eigenvalue weighted by Crippen LogP contribution is -2.05. The van der Waals surface area contributed by atoms with Gasteiger partial charge in [-0.1, -0.05) is 12.1 Å². The molecule has 76 valence electrons. The summed E-state index contributed by atoms with van der Waals surface area (Å²) >= 11 is 1.93. The van der Waals surface area contributed by atoms with Crippen molar-refractivity contribution in [2.45, 2.75) is 24.3 Å². The molecule has 1 aliphatic carbocycles. The molecule has 2 nitrogen and oxygen atoms in total. The molecule has 0 spiro atoms. The first-order chi connectivity index (χ1) is 6.88. The van der Waals surface area contributed by atoms with Crippen LogP contribution >= 0.6 is 11.8 Å². The van der Waals surface area contributed by atoms with Crippen molar-refractivity contribution in [3.63, 3.8) is 0 Å². The SMILES string of the molecule is ONCc1ccc(SCC2CC2)cc1. The Hall–Kier alpha value is -0.510. The average Bonchev–Trinajstić information content (AvgIpc) is 3.01. The van der Waals surface area contributed by atoms with Gasteiger partial charge in [0.1, 0.15) is 0 Å². The van der Waals surface area contributed by atoms with Crippen LogP contribution in [0.5, 0.6) is 0 Å². The Kier molecular flexibility index (Phi) is 3.45. The van der Waals surface area contributed by atoms with E-state index in [0.717, 1.165) is 11.5 Å². The highest BCUT2D eigenvalue weighted by atomic mass is 32.2. The summed E-state index contributed by atoms with van der Waals surface area (Å²) < 4.78 is 0. The maximum absolute atomic E-state index is 8.52. The fourth-order valence-corrected chi connectivity index (χ4v) is 2.38. The van der Waals surface area contributed by atoms with E-state index in [1.165, 1.54) is 23.5 Å². The Morgan fingerprint density at radius 3 is 2.57 bits per heavy atom. The van der Waals surface area contributed by atoms with Crippen molar-refractivity contribution in [3.05, 3.63) is 29.8 Å². The highest BCUT2D eigenvalue weighted by molar-refractivity contribution is 7.99. The zero-order valence-electron chi connectivity index (χ0n) is 8.07. The summed E-state index contributed by atoms with van der Waals surface area (Å²) in [5.74, 6) is 2.23. The first-order valence-electron chi connectivity index (χ1n) is 4.97. The van der Waals surface area contributed by atoms with Crippen molar-refractivity contribution < 1.29 is 5.21 Å². The summed E-state index contributed by atoms with van der Waals surface area (Å²) in [6, 6.07) is 8.36. The zero-order valence-corrected chi connectivity index (χ0v) is 8.89. The van der Waals surface area contributed by atoms with Crippen LogP contribution < -0.4 is 5.48 Å². The van der Waals surface area contributed by atoms with E-state index in [0.29, 0.717) is 6.54 Å². The van der Waals surface area contributed by atoms with Gasteiger partial charge in [-0.05, 0) is 36.5 Å². The second-order valence-electron chi connectivity index (χ2n) is 3.73. The van der Waals surface area contributed by atoms with Gasteiger partial charge in [0, 0.05) is 17.2 Å². The molecule has 0 amide bonds. The lowest BCUT2D eigenvalue weighted by molar-refractivity contribution is 0.161. The van der Waals surface area contributed by atoms with Crippen molar-refractivity contribution in [2.24, 2.45) is 5.92 Å². The number of benzene rings is 1. The molecule has 0 saturated heterocycles. The highest BCUT2D eigenvalue weighted by Crippen LogP contribution is 2.34. The quantitative estimate of drug-likeness (QED) is 0.577. The molecule has 0 radical (unpaired) electrons. The predicted molar refractivity (Wildman–Crippen MR) is 58.5 cm³/mol. The maximum atomic E-state index is 8.52. The molecule has 2 N–H and O–H groups in total. The van der Waals surface area contributed by atoms with Gasteiger partial charge in [0.15, 0.2) is 0 Å². The topological polar surface area (TPSA) is 32.3 Å². The van der Waals surface area contributed by atoms with Crippen LogP contribution in [0.2, 0.25) is 0 Å². The van der Waals surface area contributed by atoms with Crippen molar-refractivity contribution in [2.75, 3.05) is 5.75 Å². The van der Waals surface area contributed by atoms with E-state index in [4.69, 9.17) is 5.21 Å². The summed E-state index contributed by atoms with van der Waals surface area (Å²) in [6.45, 7) is 0.521. The van der Waals surface area contributed by atoms with Crippen LogP contribution in [0.3, 0.4) is 0 Å². The van der Waals surface area contributed by atoms with E-state index in [9.17, 15) is 0 Å². The minimum Gasteiger partial charge on any atom is -0.316 e. The second kappa shape index (κ2) is 4.82.